The van der Waals surface area contributed by atoms with Crippen LogP contribution >= 0.6 is 0 Å². The molecular weight excluding hydrogens is 269 g/mol. The molecule has 1 amide bonds. The SMILES string of the molecule is COc1ccccc1NC(=O)C1(c2ccc(F)cc2)CC1. The minimum Gasteiger partial charge on any atom is -0.495 e. The van der Waals surface area contributed by atoms with Crippen LogP contribution < -0.4 is 10.1 Å². The fourth-order valence-electron chi connectivity index (χ4n) is 2.53. The second kappa shape index (κ2) is 5.20. The standard InChI is InChI=1S/C17H16FNO2/c1-21-15-5-3-2-4-14(15)19-16(20)17(10-11-17)12-6-8-13(18)9-7-12/h2-9H,10-11H2,1H3,(H,19,20). The van der Waals surface area contributed by atoms with Crippen molar-refractivity contribution in [3.05, 3.63) is 59.9 Å². The van der Waals surface area contributed by atoms with Gasteiger partial charge in [-0.25, -0.2) is 4.39 Å². The van der Waals surface area contributed by atoms with Crippen LogP contribution in [0.25, 0.3) is 0 Å². The average molecular weight is 285 g/mol. The van der Waals surface area contributed by atoms with Crippen LogP contribution in [0.4, 0.5) is 10.1 Å². The van der Waals surface area contributed by atoms with Crippen molar-refractivity contribution in [2.45, 2.75) is 18.3 Å². The van der Waals surface area contributed by atoms with E-state index in [9.17, 15) is 9.18 Å². The molecule has 0 atom stereocenters. The van der Waals surface area contributed by atoms with Gasteiger partial charge in [-0.2, -0.15) is 0 Å². The van der Waals surface area contributed by atoms with Crippen molar-refractivity contribution in [2.75, 3.05) is 12.4 Å². The van der Waals surface area contributed by atoms with Crippen molar-refractivity contribution in [3.63, 3.8) is 0 Å². The molecular formula is C17H16FNO2. The van der Waals surface area contributed by atoms with Crippen LogP contribution in [0.1, 0.15) is 18.4 Å². The first-order valence-electron chi connectivity index (χ1n) is 6.86. The summed E-state index contributed by atoms with van der Waals surface area (Å²) in [6, 6.07) is 13.5. The second-order valence-electron chi connectivity index (χ2n) is 5.24. The first-order valence-corrected chi connectivity index (χ1v) is 6.86. The van der Waals surface area contributed by atoms with Crippen LogP contribution in [0.2, 0.25) is 0 Å². The van der Waals surface area contributed by atoms with Crippen LogP contribution in [-0.4, -0.2) is 13.0 Å². The van der Waals surface area contributed by atoms with Crippen LogP contribution in [0.15, 0.2) is 48.5 Å². The summed E-state index contributed by atoms with van der Waals surface area (Å²) in [5, 5.41) is 2.92. The molecule has 2 aromatic carbocycles. The van der Waals surface area contributed by atoms with Gasteiger partial charge in [0.25, 0.3) is 0 Å². The van der Waals surface area contributed by atoms with Gasteiger partial charge in [-0.05, 0) is 42.7 Å². The van der Waals surface area contributed by atoms with Crippen molar-refractivity contribution < 1.29 is 13.9 Å². The number of carbonyl (C=O) groups excluding carboxylic acids is 1. The third kappa shape index (κ3) is 2.49. The molecule has 0 aromatic heterocycles. The Labute approximate surface area is 122 Å². The van der Waals surface area contributed by atoms with Gasteiger partial charge in [-0.15, -0.1) is 0 Å². The zero-order valence-corrected chi connectivity index (χ0v) is 11.7. The second-order valence-corrected chi connectivity index (χ2v) is 5.24. The molecule has 21 heavy (non-hydrogen) atoms. The van der Waals surface area contributed by atoms with Crippen molar-refractivity contribution in [2.24, 2.45) is 0 Å². The number of rotatable bonds is 4. The highest BCUT2D eigenvalue weighted by molar-refractivity contribution is 6.02. The summed E-state index contributed by atoms with van der Waals surface area (Å²) in [6.45, 7) is 0. The molecule has 0 radical (unpaired) electrons. The maximum atomic E-state index is 13.0. The predicted octanol–water partition coefficient (Wildman–Crippen LogP) is 3.50. The van der Waals surface area contributed by atoms with E-state index >= 15 is 0 Å². The largest absolute Gasteiger partial charge is 0.495 e. The van der Waals surface area contributed by atoms with E-state index in [0.29, 0.717) is 11.4 Å². The van der Waals surface area contributed by atoms with Gasteiger partial charge >= 0.3 is 0 Å². The van der Waals surface area contributed by atoms with Gasteiger partial charge in [0.1, 0.15) is 11.6 Å². The molecule has 0 saturated heterocycles. The summed E-state index contributed by atoms with van der Waals surface area (Å²) >= 11 is 0. The zero-order valence-electron chi connectivity index (χ0n) is 11.7. The number of hydrogen-bond donors (Lipinski definition) is 1. The Morgan fingerprint density at radius 2 is 1.81 bits per heavy atom. The molecule has 0 aliphatic heterocycles. The number of anilines is 1. The molecule has 3 rings (SSSR count). The van der Waals surface area contributed by atoms with Crippen molar-refractivity contribution in [1.82, 2.24) is 0 Å². The van der Waals surface area contributed by atoms with E-state index in [0.717, 1.165) is 18.4 Å². The smallest absolute Gasteiger partial charge is 0.235 e. The average Bonchev–Trinajstić information content (AvgIpc) is 3.30. The topological polar surface area (TPSA) is 38.3 Å². The number of halogens is 1. The fraction of sp³-hybridized carbons (Fsp3) is 0.235. The molecule has 1 aliphatic rings. The molecule has 4 heteroatoms. The Hall–Kier alpha value is -2.36. The van der Waals surface area contributed by atoms with E-state index in [4.69, 9.17) is 4.74 Å². The molecule has 1 saturated carbocycles. The highest BCUT2D eigenvalue weighted by Gasteiger charge is 2.51. The van der Waals surface area contributed by atoms with E-state index in [1.807, 2.05) is 12.1 Å². The third-order valence-electron chi connectivity index (χ3n) is 3.94. The highest BCUT2D eigenvalue weighted by atomic mass is 19.1. The summed E-state index contributed by atoms with van der Waals surface area (Å²) in [4.78, 5) is 12.6. The van der Waals surface area contributed by atoms with Gasteiger partial charge in [0, 0.05) is 0 Å². The first-order chi connectivity index (χ1) is 10.2. The van der Waals surface area contributed by atoms with Crippen molar-refractivity contribution in [1.29, 1.82) is 0 Å². The Morgan fingerprint density at radius 3 is 2.43 bits per heavy atom. The molecule has 0 bridgehead atoms. The summed E-state index contributed by atoms with van der Waals surface area (Å²) in [5.41, 5.74) is 0.976. The van der Waals surface area contributed by atoms with Gasteiger partial charge in [0.15, 0.2) is 0 Å². The Kier molecular flexibility index (Phi) is 3.37. The van der Waals surface area contributed by atoms with Gasteiger partial charge in [0.05, 0.1) is 18.2 Å². The molecule has 0 unspecified atom stereocenters. The molecule has 108 valence electrons. The Balaban J connectivity index is 1.83. The fourth-order valence-corrected chi connectivity index (χ4v) is 2.53. The minimum absolute atomic E-state index is 0.0707. The van der Waals surface area contributed by atoms with Crippen LogP contribution in [0.5, 0.6) is 5.75 Å². The van der Waals surface area contributed by atoms with Crippen LogP contribution in [0, 0.1) is 5.82 Å². The number of para-hydroxylation sites is 2. The quantitative estimate of drug-likeness (QED) is 0.933. The maximum Gasteiger partial charge on any atom is 0.235 e. The summed E-state index contributed by atoms with van der Waals surface area (Å²) in [6.07, 6.45) is 1.55. The number of hydrogen-bond acceptors (Lipinski definition) is 2. The number of nitrogens with one attached hydrogen (secondary N) is 1. The maximum absolute atomic E-state index is 13.0. The normalized spacial score (nSPS) is 15.3. The molecule has 0 spiro atoms. The minimum atomic E-state index is -0.533. The lowest BCUT2D eigenvalue weighted by molar-refractivity contribution is -0.118. The molecule has 2 aromatic rings. The van der Waals surface area contributed by atoms with Gasteiger partial charge in [0.2, 0.25) is 5.91 Å². The molecule has 1 N–H and O–H groups in total. The van der Waals surface area contributed by atoms with E-state index in [1.165, 1.54) is 12.1 Å². The number of amides is 1. The van der Waals surface area contributed by atoms with Gasteiger partial charge < -0.3 is 10.1 Å². The van der Waals surface area contributed by atoms with E-state index in [-0.39, 0.29) is 11.7 Å². The summed E-state index contributed by atoms with van der Waals surface area (Å²) in [5.74, 6) is 0.263. The Morgan fingerprint density at radius 1 is 1.14 bits per heavy atom. The van der Waals surface area contributed by atoms with E-state index < -0.39 is 5.41 Å². The molecule has 1 fully saturated rings. The van der Waals surface area contributed by atoms with Crippen molar-refractivity contribution in [3.8, 4) is 5.75 Å². The third-order valence-corrected chi connectivity index (χ3v) is 3.94. The Bertz CT molecular complexity index is 663. The lowest BCUT2D eigenvalue weighted by Gasteiger charge is -2.17. The van der Waals surface area contributed by atoms with E-state index in [1.54, 1.807) is 31.4 Å². The number of carbonyl (C=O) groups is 1. The lowest BCUT2D eigenvalue weighted by atomic mass is 9.95. The monoisotopic (exact) mass is 285 g/mol. The summed E-state index contributed by atoms with van der Waals surface area (Å²) in [7, 11) is 1.57. The zero-order chi connectivity index (χ0) is 14.9. The summed E-state index contributed by atoms with van der Waals surface area (Å²) < 4.78 is 18.3. The van der Waals surface area contributed by atoms with E-state index in [2.05, 4.69) is 5.32 Å². The lowest BCUT2D eigenvalue weighted by Crippen LogP contribution is -2.28. The number of ether oxygens (including phenoxy) is 1. The molecule has 3 nitrogen and oxygen atoms in total. The molecule has 0 heterocycles. The number of methoxy groups -OCH3 is 1. The predicted molar refractivity (Wildman–Crippen MR) is 78.9 cm³/mol. The highest BCUT2D eigenvalue weighted by Crippen LogP contribution is 2.49. The molecule has 1 aliphatic carbocycles. The first kappa shape index (κ1) is 13.6. The number of benzene rings is 2. The van der Waals surface area contributed by atoms with Crippen LogP contribution in [-0.2, 0) is 10.2 Å². The van der Waals surface area contributed by atoms with Crippen molar-refractivity contribution >= 4 is 11.6 Å². The van der Waals surface area contributed by atoms with Gasteiger partial charge in [-0.1, -0.05) is 24.3 Å². The van der Waals surface area contributed by atoms with Crippen LogP contribution in [0.3, 0.4) is 0 Å². The van der Waals surface area contributed by atoms with Gasteiger partial charge in [-0.3, -0.25) is 4.79 Å².